The van der Waals surface area contributed by atoms with Crippen LogP contribution in [0.15, 0.2) is 30.3 Å². The van der Waals surface area contributed by atoms with Gasteiger partial charge in [-0.25, -0.2) is 19.6 Å². The summed E-state index contributed by atoms with van der Waals surface area (Å²) in [4.78, 5) is 5.55. The predicted octanol–water partition coefficient (Wildman–Crippen LogP) is 3.11. The molecule has 0 aliphatic rings. The molecule has 1 aromatic heterocycles. The van der Waals surface area contributed by atoms with Gasteiger partial charge in [0.15, 0.2) is 23.3 Å². The van der Waals surface area contributed by atoms with Crippen LogP contribution in [0, 0.1) is 18.6 Å². The number of hydrogen-bond acceptors (Lipinski definition) is 4. The topological polar surface area (TPSA) is 54.2 Å². The number of hydrogen-bond donors (Lipinski definition) is 2. The molecular formula is C14H16F2N4. The monoisotopic (exact) mass is 278 g/mol. The van der Waals surface area contributed by atoms with E-state index in [-0.39, 0.29) is 11.6 Å². The number of rotatable bonds is 4. The molecule has 6 heteroatoms. The van der Waals surface area contributed by atoms with Gasteiger partial charge in [0.05, 0.1) is 0 Å². The van der Waals surface area contributed by atoms with E-state index in [1.165, 1.54) is 0 Å². The third-order valence-corrected chi connectivity index (χ3v) is 2.97. The lowest BCUT2D eigenvalue weighted by Crippen LogP contribution is -2.21. The van der Waals surface area contributed by atoms with Gasteiger partial charge in [0, 0.05) is 18.3 Å². The Hall–Kier alpha value is -2.21. The second-order valence-electron chi connectivity index (χ2n) is 4.35. The Kier molecular flexibility index (Phi) is 4.14. The highest BCUT2D eigenvalue weighted by molar-refractivity contribution is 5.62. The molecule has 0 radical (unpaired) electrons. The van der Waals surface area contributed by atoms with Crippen molar-refractivity contribution >= 4 is 17.3 Å². The molecule has 3 N–H and O–H groups in total. The van der Waals surface area contributed by atoms with Crippen molar-refractivity contribution in [1.29, 1.82) is 0 Å². The lowest BCUT2D eigenvalue weighted by molar-refractivity contribution is 0.575. The van der Waals surface area contributed by atoms with Crippen molar-refractivity contribution in [1.82, 2.24) is 4.98 Å². The van der Waals surface area contributed by atoms with Gasteiger partial charge in [-0.05, 0) is 26.0 Å². The lowest BCUT2D eigenvalue weighted by Gasteiger charge is -2.23. The minimum Gasteiger partial charge on any atom is -0.324 e. The number of nitrogen functional groups attached to an aromatic ring is 1. The Morgan fingerprint density at radius 3 is 2.40 bits per heavy atom. The van der Waals surface area contributed by atoms with E-state index >= 15 is 0 Å². The lowest BCUT2D eigenvalue weighted by atomic mass is 10.2. The Morgan fingerprint density at radius 2 is 1.85 bits per heavy atom. The fourth-order valence-corrected chi connectivity index (χ4v) is 1.93. The summed E-state index contributed by atoms with van der Waals surface area (Å²) in [6.07, 6.45) is 0. The SMILES string of the molecule is CCN(c1ccc(C)cc1)c1nc(NN)c(F)cc1F. The Bertz CT molecular complexity index is 599. The van der Waals surface area contributed by atoms with E-state index in [0.29, 0.717) is 6.54 Å². The number of nitrogens with one attached hydrogen (secondary N) is 1. The molecule has 0 aliphatic carbocycles. The summed E-state index contributed by atoms with van der Waals surface area (Å²) >= 11 is 0. The van der Waals surface area contributed by atoms with Gasteiger partial charge in [-0.1, -0.05) is 17.7 Å². The number of halogens is 2. The molecule has 0 fully saturated rings. The van der Waals surface area contributed by atoms with E-state index in [2.05, 4.69) is 10.4 Å². The van der Waals surface area contributed by atoms with E-state index in [4.69, 9.17) is 5.84 Å². The predicted molar refractivity (Wildman–Crippen MR) is 75.8 cm³/mol. The molecule has 0 saturated carbocycles. The average molecular weight is 278 g/mol. The third kappa shape index (κ3) is 2.70. The molecule has 0 saturated heterocycles. The standard InChI is InChI=1S/C14H16F2N4/c1-3-20(10-6-4-9(2)5-7-10)14-12(16)8-11(15)13(18-14)19-17/h4-8H,3,17H2,1-2H3,(H,18,19). The van der Waals surface area contributed by atoms with Crippen LogP contribution in [0.5, 0.6) is 0 Å². The molecule has 20 heavy (non-hydrogen) atoms. The average Bonchev–Trinajstić information content (AvgIpc) is 2.43. The number of aromatic nitrogens is 1. The number of nitrogens with two attached hydrogens (primary N) is 1. The zero-order chi connectivity index (χ0) is 14.7. The second kappa shape index (κ2) is 5.83. The summed E-state index contributed by atoms with van der Waals surface area (Å²) in [6, 6.07) is 8.33. The fourth-order valence-electron chi connectivity index (χ4n) is 1.93. The molecule has 1 aromatic carbocycles. The quantitative estimate of drug-likeness (QED) is 0.666. The molecular weight excluding hydrogens is 262 g/mol. The zero-order valence-electron chi connectivity index (χ0n) is 11.3. The highest BCUT2D eigenvalue weighted by atomic mass is 19.1. The normalized spacial score (nSPS) is 10.4. The van der Waals surface area contributed by atoms with E-state index in [1.54, 1.807) is 4.90 Å². The molecule has 0 bridgehead atoms. The van der Waals surface area contributed by atoms with Crippen molar-refractivity contribution in [2.24, 2.45) is 5.84 Å². The van der Waals surface area contributed by atoms with Crippen LogP contribution in [0.2, 0.25) is 0 Å². The van der Waals surface area contributed by atoms with Gasteiger partial charge < -0.3 is 10.3 Å². The van der Waals surface area contributed by atoms with Gasteiger partial charge in [-0.2, -0.15) is 0 Å². The zero-order valence-corrected chi connectivity index (χ0v) is 11.3. The summed E-state index contributed by atoms with van der Waals surface area (Å²) in [7, 11) is 0. The van der Waals surface area contributed by atoms with E-state index in [1.807, 2.05) is 38.1 Å². The molecule has 0 aliphatic heterocycles. The molecule has 4 nitrogen and oxygen atoms in total. The number of benzene rings is 1. The maximum Gasteiger partial charge on any atom is 0.178 e. The second-order valence-corrected chi connectivity index (χ2v) is 4.35. The number of hydrazine groups is 1. The van der Waals surface area contributed by atoms with Crippen molar-refractivity contribution in [2.45, 2.75) is 13.8 Å². The van der Waals surface area contributed by atoms with E-state index in [0.717, 1.165) is 17.3 Å². The van der Waals surface area contributed by atoms with Crippen LogP contribution in [0.4, 0.5) is 26.1 Å². The van der Waals surface area contributed by atoms with Crippen LogP contribution in [0.25, 0.3) is 0 Å². The van der Waals surface area contributed by atoms with Crippen LogP contribution in [-0.2, 0) is 0 Å². The summed E-state index contributed by atoms with van der Waals surface area (Å²) in [6.45, 7) is 4.32. The van der Waals surface area contributed by atoms with Crippen molar-refractivity contribution in [3.05, 3.63) is 47.5 Å². The first-order valence-corrected chi connectivity index (χ1v) is 6.23. The number of anilines is 3. The molecule has 0 amide bonds. The number of nitrogens with zero attached hydrogens (tertiary/aromatic N) is 2. The summed E-state index contributed by atoms with van der Waals surface area (Å²) in [5.41, 5.74) is 4.00. The Balaban J connectivity index is 2.48. The summed E-state index contributed by atoms with van der Waals surface area (Å²) < 4.78 is 27.3. The Labute approximate surface area is 116 Å². The van der Waals surface area contributed by atoms with Gasteiger partial charge >= 0.3 is 0 Å². The minimum absolute atomic E-state index is 0.0331. The molecule has 2 aromatic rings. The van der Waals surface area contributed by atoms with Crippen LogP contribution < -0.4 is 16.2 Å². The highest BCUT2D eigenvalue weighted by Gasteiger charge is 2.17. The van der Waals surface area contributed by atoms with Crippen LogP contribution in [0.3, 0.4) is 0 Å². The van der Waals surface area contributed by atoms with Crippen LogP contribution in [0.1, 0.15) is 12.5 Å². The molecule has 0 unspecified atom stereocenters. The van der Waals surface area contributed by atoms with Gasteiger partial charge in [-0.3, -0.25) is 0 Å². The summed E-state index contributed by atoms with van der Waals surface area (Å²) in [5.74, 6) is 3.46. The fraction of sp³-hybridized carbons (Fsp3) is 0.214. The maximum atomic E-state index is 14.0. The first kappa shape index (κ1) is 14.2. The van der Waals surface area contributed by atoms with Crippen molar-refractivity contribution in [2.75, 3.05) is 16.9 Å². The Morgan fingerprint density at radius 1 is 1.20 bits per heavy atom. The van der Waals surface area contributed by atoms with Gasteiger partial charge in [0.25, 0.3) is 0 Å². The van der Waals surface area contributed by atoms with Crippen molar-refractivity contribution < 1.29 is 8.78 Å². The van der Waals surface area contributed by atoms with Crippen molar-refractivity contribution in [3.63, 3.8) is 0 Å². The van der Waals surface area contributed by atoms with Gasteiger partial charge in [0.2, 0.25) is 0 Å². The molecule has 2 rings (SSSR count). The van der Waals surface area contributed by atoms with Gasteiger partial charge in [-0.15, -0.1) is 0 Å². The molecule has 0 spiro atoms. The first-order chi connectivity index (χ1) is 9.56. The first-order valence-electron chi connectivity index (χ1n) is 6.23. The largest absolute Gasteiger partial charge is 0.324 e. The smallest absolute Gasteiger partial charge is 0.178 e. The number of aryl methyl sites for hydroxylation is 1. The van der Waals surface area contributed by atoms with Crippen LogP contribution >= 0.6 is 0 Å². The van der Waals surface area contributed by atoms with Crippen molar-refractivity contribution in [3.8, 4) is 0 Å². The highest BCUT2D eigenvalue weighted by Crippen LogP contribution is 2.28. The molecule has 106 valence electrons. The third-order valence-electron chi connectivity index (χ3n) is 2.97. The summed E-state index contributed by atoms with van der Waals surface area (Å²) in [5, 5.41) is 0. The minimum atomic E-state index is -0.825. The van der Waals surface area contributed by atoms with Crippen LogP contribution in [-0.4, -0.2) is 11.5 Å². The number of pyridine rings is 1. The molecule has 1 heterocycles. The maximum absolute atomic E-state index is 14.0. The van der Waals surface area contributed by atoms with E-state index < -0.39 is 11.6 Å². The van der Waals surface area contributed by atoms with Gasteiger partial charge in [0.1, 0.15) is 0 Å². The van der Waals surface area contributed by atoms with E-state index in [9.17, 15) is 8.78 Å². The molecule has 0 atom stereocenters.